The van der Waals surface area contributed by atoms with Crippen molar-refractivity contribution in [2.45, 2.75) is 65.0 Å². The van der Waals surface area contributed by atoms with Gasteiger partial charge in [-0.2, -0.15) is 0 Å². The van der Waals surface area contributed by atoms with Crippen LogP contribution in [0, 0.1) is 5.41 Å². The number of nitrogens with one attached hydrogen (secondary N) is 1. The summed E-state index contributed by atoms with van der Waals surface area (Å²) in [6, 6.07) is 6.66. The van der Waals surface area contributed by atoms with Crippen LogP contribution in [0.5, 0.6) is 5.75 Å². The Labute approximate surface area is 122 Å². The topological polar surface area (TPSA) is 21.3 Å². The lowest BCUT2D eigenvalue weighted by atomic mass is 9.67. The normalized spacial score (nSPS) is 21.9. The maximum atomic E-state index is 5.93. The fourth-order valence-electron chi connectivity index (χ4n) is 3.58. The minimum absolute atomic E-state index is 0.0351. The lowest BCUT2D eigenvalue weighted by Gasteiger charge is -2.41. The third-order valence-corrected chi connectivity index (χ3v) is 5.12. The van der Waals surface area contributed by atoms with E-state index in [4.69, 9.17) is 4.74 Å². The van der Waals surface area contributed by atoms with Crippen LogP contribution in [0.25, 0.3) is 0 Å². The highest BCUT2D eigenvalue weighted by atomic mass is 16.5. The molecular weight excluding hydrogens is 246 g/mol. The van der Waals surface area contributed by atoms with Crippen LogP contribution in [0.2, 0.25) is 0 Å². The van der Waals surface area contributed by atoms with Crippen molar-refractivity contribution in [3.63, 3.8) is 0 Å². The summed E-state index contributed by atoms with van der Waals surface area (Å²) in [5.74, 6) is 1.07. The van der Waals surface area contributed by atoms with E-state index in [1.54, 1.807) is 0 Å². The summed E-state index contributed by atoms with van der Waals surface area (Å²) in [5, 5.41) is 3.67. The van der Waals surface area contributed by atoms with E-state index in [0.717, 1.165) is 18.7 Å². The Hall–Kier alpha value is -1.02. The molecule has 1 aliphatic heterocycles. The second kappa shape index (κ2) is 5.07. The first kappa shape index (κ1) is 13.9. The Kier molecular flexibility index (Phi) is 3.53. The molecule has 2 nitrogen and oxygen atoms in total. The number of hydrogen-bond acceptors (Lipinski definition) is 2. The van der Waals surface area contributed by atoms with Gasteiger partial charge in [-0.15, -0.1) is 0 Å². The Morgan fingerprint density at radius 2 is 2.05 bits per heavy atom. The van der Waals surface area contributed by atoms with Crippen LogP contribution in [0.3, 0.4) is 0 Å². The van der Waals surface area contributed by atoms with Crippen molar-refractivity contribution >= 4 is 0 Å². The molecule has 110 valence electrons. The zero-order valence-electron chi connectivity index (χ0n) is 13.1. The fourth-order valence-corrected chi connectivity index (χ4v) is 3.58. The molecule has 1 aromatic carbocycles. The predicted molar refractivity (Wildman–Crippen MR) is 83.1 cm³/mol. The molecule has 0 aromatic heterocycles. The first-order chi connectivity index (χ1) is 9.52. The van der Waals surface area contributed by atoms with E-state index in [9.17, 15) is 0 Å². The molecule has 0 saturated heterocycles. The molecule has 2 heteroatoms. The van der Waals surface area contributed by atoms with Crippen LogP contribution in [0.15, 0.2) is 18.2 Å². The van der Waals surface area contributed by atoms with Crippen LogP contribution in [0.1, 0.15) is 57.6 Å². The molecule has 0 unspecified atom stereocenters. The van der Waals surface area contributed by atoms with Gasteiger partial charge < -0.3 is 10.1 Å². The summed E-state index contributed by atoms with van der Waals surface area (Å²) < 4.78 is 5.93. The monoisotopic (exact) mass is 273 g/mol. The lowest BCUT2D eigenvalue weighted by Crippen LogP contribution is -2.39. The quantitative estimate of drug-likeness (QED) is 0.873. The highest BCUT2D eigenvalue weighted by molar-refractivity contribution is 5.41. The molecule has 1 aromatic rings. The number of rotatable bonds is 5. The smallest absolute Gasteiger partial charge is 0.123 e. The Morgan fingerprint density at radius 1 is 1.25 bits per heavy atom. The predicted octanol–water partition coefficient (Wildman–Crippen LogP) is 4.07. The number of fused-ring (bicyclic) bond motifs is 1. The summed E-state index contributed by atoms with van der Waals surface area (Å²) in [6.45, 7) is 8.80. The first-order valence-electron chi connectivity index (χ1n) is 8.04. The molecule has 20 heavy (non-hydrogen) atoms. The van der Waals surface area contributed by atoms with Gasteiger partial charge in [-0.05, 0) is 55.7 Å². The van der Waals surface area contributed by atoms with Crippen molar-refractivity contribution in [3.05, 3.63) is 29.3 Å². The zero-order valence-corrected chi connectivity index (χ0v) is 13.1. The zero-order chi connectivity index (χ0) is 14.2. The third-order valence-electron chi connectivity index (χ3n) is 5.12. The minimum Gasteiger partial charge on any atom is -0.487 e. The van der Waals surface area contributed by atoms with Gasteiger partial charge in [-0.1, -0.05) is 25.5 Å². The molecular formula is C18H27NO. The molecule has 1 aliphatic carbocycles. The number of ether oxygens (including phenoxy) is 1. The van der Waals surface area contributed by atoms with E-state index < -0.39 is 0 Å². The van der Waals surface area contributed by atoms with E-state index in [1.165, 1.54) is 43.4 Å². The largest absolute Gasteiger partial charge is 0.487 e. The third kappa shape index (κ3) is 2.71. The highest BCUT2D eigenvalue weighted by Crippen LogP contribution is 2.43. The van der Waals surface area contributed by atoms with Gasteiger partial charge in [0.05, 0.1) is 0 Å². The molecule has 1 heterocycles. The molecule has 3 rings (SSSR count). The minimum atomic E-state index is -0.0351. The van der Waals surface area contributed by atoms with Crippen molar-refractivity contribution in [2.75, 3.05) is 6.54 Å². The number of hydrogen-bond donors (Lipinski definition) is 1. The van der Waals surface area contributed by atoms with Gasteiger partial charge in [-0.25, -0.2) is 0 Å². The van der Waals surface area contributed by atoms with E-state index in [0.29, 0.717) is 5.41 Å². The van der Waals surface area contributed by atoms with Gasteiger partial charge >= 0.3 is 0 Å². The molecule has 0 atom stereocenters. The van der Waals surface area contributed by atoms with E-state index >= 15 is 0 Å². The van der Waals surface area contributed by atoms with E-state index in [-0.39, 0.29) is 5.60 Å². The van der Waals surface area contributed by atoms with Gasteiger partial charge in [-0.3, -0.25) is 0 Å². The van der Waals surface area contributed by atoms with Crippen molar-refractivity contribution in [1.29, 1.82) is 0 Å². The van der Waals surface area contributed by atoms with E-state index in [2.05, 4.69) is 44.3 Å². The maximum absolute atomic E-state index is 5.93. The Balaban J connectivity index is 1.57. The Bertz CT molecular complexity index is 483. The maximum Gasteiger partial charge on any atom is 0.123 e. The van der Waals surface area contributed by atoms with Crippen LogP contribution >= 0.6 is 0 Å². The van der Waals surface area contributed by atoms with Crippen LogP contribution < -0.4 is 10.1 Å². The van der Waals surface area contributed by atoms with Crippen molar-refractivity contribution in [2.24, 2.45) is 5.41 Å². The second-order valence-electron chi connectivity index (χ2n) is 7.29. The average molecular weight is 273 g/mol. The van der Waals surface area contributed by atoms with Gasteiger partial charge in [0.2, 0.25) is 0 Å². The van der Waals surface area contributed by atoms with Crippen LogP contribution in [-0.2, 0) is 13.0 Å². The SMILES string of the molecule is CCC1(CNCc2ccc3c(c2)CC(C)(C)O3)CCC1. The van der Waals surface area contributed by atoms with Gasteiger partial charge in [0, 0.05) is 19.5 Å². The standard InChI is InChI=1S/C18H27NO/c1-4-18(8-5-9-18)13-19-12-14-6-7-16-15(10-14)11-17(2,3)20-16/h6-7,10,19H,4-5,8-9,11-13H2,1-3H3. The molecule has 0 amide bonds. The number of benzene rings is 1. The molecule has 1 N–H and O–H groups in total. The van der Waals surface area contributed by atoms with Crippen molar-refractivity contribution in [3.8, 4) is 5.75 Å². The van der Waals surface area contributed by atoms with Gasteiger partial charge in [0.1, 0.15) is 11.4 Å². The summed E-state index contributed by atoms with van der Waals surface area (Å²) in [7, 11) is 0. The molecule has 2 aliphatic rings. The van der Waals surface area contributed by atoms with Crippen LogP contribution in [0.4, 0.5) is 0 Å². The van der Waals surface area contributed by atoms with Gasteiger partial charge in [0.15, 0.2) is 0 Å². The second-order valence-corrected chi connectivity index (χ2v) is 7.29. The van der Waals surface area contributed by atoms with Crippen LogP contribution in [-0.4, -0.2) is 12.1 Å². The molecule has 1 saturated carbocycles. The summed E-state index contributed by atoms with van der Waals surface area (Å²) >= 11 is 0. The highest BCUT2D eigenvalue weighted by Gasteiger charge is 2.34. The van der Waals surface area contributed by atoms with Gasteiger partial charge in [0.25, 0.3) is 0 Å². The lowest BCUT2D eigenvalue weighted by molar-refractivity contribution is 0.124. The van der Waals surface area contributed by atoms with Crippen molar-refractivity contribution in [1.82, 2.24) is 5.32 Å². The molecule has 1 fully saturated rings. The molecule has 0 radical (unpaired) electrons. The van der Waals surface area contributed by atoms with E-state index in [1.807, 2.05) is 0 Å². The van der Waals surface area contributed by atoms with Crippen molar-refractivity contribution < 1.29 is 4.74 Å². The summed E-state index contributed by atoms with van der Waals surface area (Å²) in [5.41, 5.74) is 3.31. The fraction of sp³-hybridized carbons (Fsp3) is 0.667. The molecule has 0 bridgehead atoms. The molecule has 0 spiro atoms. The summed E-state index contributed by atoms with van der Waals surface area (Å²) in [6.07, 6.45) is 6.56. The summed E-state index contributed by atoms with van der Waals surface area (Å²) in [4.78, 5) is 0. The first-order valence-corrected chi connectivity index (χ1v) is 8.04. The average Bonchev–Trinajstić information content (AvgIpc) is 2.65. The Morgan fingerprint density at radius 3 is 2.70 bits per heavy atom.